The number of carbonyl (C=O) groups is 1. The van der Waals surface area contributed by atoms with Gasteiger partial charge in [-0.2, -0.15) is 0 Å². The van der Waals surface area contributed by atoms with Gasteiger partial charge < -0.3 is 9.84 Å². The van der Waals surface area contributed by atoms with Crippen molar-refractivity contribution in [1.29, 1.82) is 0 Å². The minimum absolute atomic E-state index is 0.00874. The van der Waals surface area contributed by atoms with Crippen LogP contribution in [0.25, 0.3) is 0 Å². The first-order valence-electron chi connectivity index (χ1n) is 5.60. The van der Waals surface area contributed by atoms with E-state index >= 15 is 0 Å². The maximum absolute atomic E-state index is 11.7. The molecule has 2 unspecified atom stereocenters. The lowest BCUT2D eigenvalue weighted by Crippen LogP contribution is -2.34. The highest BCUT2D eigenvalue weighted by atomic mass is 127. The highest BCUT2D eigenvalue weighted by Crippen LogP contribution is 2.17. The van der Waals surface area contributed by atoms with Crippen LogP contribution < -0.4 is 0 Å². The van der Waals surface area contributed by atoms with Crippen molar-refractivity contribution in [2.45, 2.75) is 33.2 Å². The summed E-state index contributed by atoms with van der Waals surface area (Å²) in [5, 5.41) is 9.08. The highest BCUT2D eigenvalue weighted by Gasteiger charge is 2.23. The zero-order chi connectivity index (χ0) is 12.7. The number of hydrogen-bond acceptors (Lipinski definition) is 4. The number of carbonyl (C=O) groups excluding carboxylic acids is 1. The molecule has 0 saturated heterocycles. The van der Waals surface area contributed by atoms with E-state index in [1.54, 1.807) is 0 Å². The Labute approximate surface area is 112 Å². The lowest BCUT2D eigenvalue weighted by Gasteiger charge is -2.22. The SMILES string of the molecule is CCC(C(=O)OCC(CO)N(C)I)C(C)C. The van der Waals surface area contributed by atoms with E-state index in [9.17, 15) is 4.79 Å². The van der Waals surface area contributed by atoms with Crippen molar-refractivity contribution in [2.75, 3.05) is 20.3 Å². The van der Waals surface area contributed by atoms with Crippen LogP contribution in [0.3, 0.4) is 0 Å². The molecule has 0 aromatic heterocycles. The summed E-state index contributed by atoms with van der Waals surface area (Å²) >= 11 is 2.07. The Morgan fingerprint density at radius 3 is 2.38 bits per heavy atom. The van der Waals surface area contributed by atoms with Crippen LogP contribution in [-0.4, -0.2) is 40.5 Å². The van der Waals surface area contributed by atoms with E-state index in [4.69, 9.17) is 9.84 Å². The predicted molar refractivity (Wildman–Crippen MR) is 72.2 cm³/mol. The minimum atomic E-state index is -0.158. The van der Waals surface area contributed by atoms with E-state index in [-0.39, 0.29) is 31.1 Å². The molecule has 0 aromatic rings. The standard InChI is InChI=1S/C11H22INO3/c1-5-10(8(2)3)11(15)16-7-9(6-14)13(4)12/h8-10,14H,5-7H2,1-4H3. The molecular weight excluding hydrogens is 321 g/mol. The lowest BCUT2D eigenvalue weighted by molar-refractivity contribution is -0.151. The van der Waals surface area contributed by atoms with Crippen molar-refractivity contribution in [2.24, 2.45) is 11.8 Å². The Morgan fingerprint density at radius 2 is 2.06 bits per heavy atom. The smallest absolute Gasteiger partial charge is 0.309 e. The molecule has 4 nitrogen and oxygen atoms in total. The molecule has 0 saturated carbocycles. The fourth-order valence-electron chi connectivity index (χ4n) is 1.46. The molecule has 0 aliphatic heterocycles. The number of nitrogens with zero attached hydrogens (tertiary/aromatic N) is 1. The molecule has 2 atom stereocenters. The normalized spacial score (nSPS) is 15.2. The Morgan fingerprint density at radius 1 is 1.50 bits per heavy atom. The third-order valence-corrected chi connectivity index (χ3v) is 3.47. The summed E-state index contributed by atoms with van der Waals surface area (Å²) < 4.78 is 7.05. The zero-order valence-corrected chi connectivity index (χ0v) is 12.6. The average molecular weight is 343 g/mol. The molecule has 96 valence electrons. The molecule has 0 aliphatic carbocycles. The molecule has 0 rings (SSSR count). The maximum atomic E-state index is 11.7. The maximum Gasteiger partial charge on any atom is 0.309 e. The van der Waals surface area contributed by atoms with Gasteiger partial charge in [0.15, 0.2) is 0 Å². The molecule has 0 aromatic carbocycles. The molecule has 5 heteroatoms. The van der Waals surface area contributed by atoms with Crippen molar-refractivity contribution in [1.82, 2.24) is 3.11 Å². The molecule has 0 bridgehead atoms. The van der Waals surface area contributed by atoms with Crippen molar-refractivity contribution in [3.8, 4) is 0 Å². The summed E-state index contributed by atoms with van der Waals surface area (Å²) in [6.45, 7) is 6.26. The molecule has 1 N–H and O–H groups in total. The summed E-state index contributed by atoms with van der Waals surface area (Å²) in [5.74, 6) is 0.0930. The van der Waals surface area contributed by atoms with Gasteiger partial charge in [-0.1, -0.05) is 20.8 Å². The first kappa shape index (κ1) is 16.1. The molecule has 0 aliphatic rings. The zero-order valence-electron chi connectivity index (χ0n) is 10.4. The van der Waals surface area contributed by atoms with Gasteiger partial charge in [-0.3, -0.25) is 4.79 Å². The van der Waals surface area contributed by atoms with E-state index in [2.05, 4.69) is 22.9 Å². The summed E-state index contributed by atoms with van der Waals surface area (Å²) in [6.07, 6.45) is 0.792. The van der Waals surface area contributed by atoms with Crippen LogP contribution >= 0.6 is 22.9 Å². The van der Waals surface area contributed by atoms with Crippen LogP contribution in [-0.2, 0) is 9.53 Å². The highest BCUT2D eigenvalue weighted by molar-refractivity contribution is 14.1. The Hall–Kier alpha value is 0.120. The largest absolute Gasteiger partial charge is 0.464 e. The fraction of sp³-hybridized carbons (Fsp3) is 0.909. The van der Waals surface area contributed by atoms with Crippen molar-refractivity contribution >= 4 is 28.8 Å². The number of esters is 1. The summed E-state index contributed by atoms with van der Waals surface area (Å²) in [5.41, 5.74) is 0. The van der Waals surface area contributed by atoms with Gasteiger partial charge in [0.2, 0.25) is 0 Å². The van der Waals surface area contributed by atoms with Gasteiger partial charge in [0.25, 0.3) is 0 Å². The summed E-state index contributed by atoms with van der Waals surface area (Å²) in [4.78, 5) is 11.7. The fourth-order valence-corrected chi connectivity index (χ4v) is 1.80. The van der Waals surface area contributed by atoms with Crippen molar-refractivity contribution in [3.05, 3.63) is 0 Å². The van der Waals surface area contributed by atoms with E-state index in [0.29, 0.717) is 5.92 Å². The third kappa shape index (κ3) is 5.45. The van der Waals surface area contributed by atoms with Gasteiger partial charge in [0.05, 0.1) is 18.6 Å². The van der Waals surface area contributed by atoms with Crippen LogP contribution in [0.2, 0.25) is 0 Å². The molecular formula is C11H22INO3. The van der Waals surface area contributed by atoms with E-state index in [1.165, 1.54) is 0 Å². The molecule has 0 radical (unpaired) electrons. The number of aliphatic hydroxyl groups excluding tert-OH is 1. The first-order chi connectivity index (χ1) is 7.43. The topological polar surface area (TPSA) is 49.8 Å². The second-order valence-electron chi connectivity index (χ2n) is 4.25. The lowest BCUT2D eigenvalue weighted by atomic mass is 9.93. The number of ether oxygens (including phenoxy) is 1. The molecule has 0 heterocycles. The van der Waals surface area contributed by atoms with Gasteiger partial charge in [0, 0.05) is 22.9 Å². The summed E-state index contributed by atoms with van der Waals surface area (Å²) in [6, 6.07) is -0.130. The van der Waals surface area contributed by atoms with Crippen LogP contribution in [0.5, 0.6) is 0 Å². The van der Waals surface area contributed by atoms with Gasteiger partial charge in [-0.25, -0.2) is 3.11 Å². The minimum Gasteiger partial charge on any atom is -0.464 e. The van der Waals surface area contributed by atoms with Gasteiger partial charge in [-0.05, 0) is 19.4 Å². The summed E-state index contributed by atoms with van der Waals surface area (Å²) in [7, 11) is 1.84. The third-order valence-electron chi connectivity index (χ3n) is 2.68. The number of hydrogen-bond donors (Lipinski definition) is 1. The van der Waals surface area contributed by atoms with Crippen LogP contribution in [0.1, 0.15) is 27.2 Å². The second kappa shape index (κ2) is 8.25. The van der Waals surface area contributed by atoms with Gasteiger partial charge >= 0.3 is 5.97 Å². The number of rotatable bonds is 7. The Balaban J connectivity index is 4.13. The first-order valence-corrected chi connectivity index (χ1v) is 6.56. The Bertz CT molecular complexity index is 209. The van der Waals surface area contributed by atoms with Crippen molar-refractivity contribution in [3.63, 3.8) is 0 Å². The number of likely N-dealkylation sites (N-methyl/N-ethyl adjacent to an activating group) is 1. The molecule has 0 spiro atoms. The van der Waals surface area contributed by atoms with Gasteiger partial charge in [-0.15, -0.1) is 0 Å². The number of halogens is 1. The molecule has 0 fully saturated rings. The van der Waals surface area contributed by atoms with E-state index in [0.717, 1.165) is 6.42 Å². The van der Waals surface area contributed by atoms with Crippen molar-refractivity contribution < 1.29 is 14.6 Å². The van der Waals surface area contributed by atoms with Crippen LogP contribution in [0.4, 0.5) is 0 Å². The molecule has 16 heavy (non-hydrogen) atoms. The Kier molecular flexibility index (Phi) is 8.31. The van der Waals surface area contributed by atoms with E-state index < -0.39 is 0 Å². The van der Waals surface area contributed by atoms with Crippen LogP contribution in [0, 0.1) is 11.8 Å². The van der Waals surface area contributed by atoms with Gasteiger partial charge in [0.1, 0.15) is 6.61 Å². The molecule has 0 amide bonds. The quantitative estimate of drug-likeness (QED) is 0.436. The van der Waals surface area contributed by atoms with Crippen LogP contribution in [0.15, 0.2) is 0 Å². The average Bonchev–Trinajstić information content (AvgIpc) is 2.18. The monoisotopic (exact) mass is 343 g/mol. The second-order valence-corrected chi connectivity index (χ2v) is 5.77. The van der Waals surface area contributed by atoms with E-state index in [1.807, 2.05) is 30.9 Å². The predicted octanol–water partition coefficient (Wildman–Crippen LogP) is 1.85. The number of aliphatic hydroxyl groups is 1.